The first-order valence-electron chi connectivity index (χ1n) is 9.65. The summed E-state index contributed by atoms with van der Waals surface area (Å²) in [6.07, 6.45) is 0. The molecule has 0 aliphatic carbocycles. The van der Waals surface area contributed by atoms with Crippen LogP contribution < -0.4 is 20.4 Å². The fourth-order valence-electron chi connectivity index (χ4n) is 0.904. The number of ether oxygens (including phenoxy) is 4. The predicted molar refractivity (Wildman–Crippen MR) is 107 cm³/mol. The van der Waals surface area contributed by atoms with Gasteiger partial charge in [-0.1, -0.05) is 0 Å². The van der Waals surface area contributed by atoms with Crippen LogP contribution in [0.1, 0.15) is 27.7 Å². The van der Waals surface area contributed by atoms with Gasteiger partial charge in [-0.3, -0.25) is 38.4 Å². The van der Waals surface area contributed by atoms with Gasteiger partial charge in [0.2, 0.25) is 23.1 Å². The smallest absolute Gasteiger partial charge is 0.542 e. The Morgan fingerprint density at radius 1 is 0.366 bits per heavy atom. The first-order chi connectivity index (χ1) is 18.1. The number of esters is 4. The molecule has 0 aromatic rings. The Kier molecular flexibility index (Phi) is 30.3. The third-order valence-electron chi connectivity index (χ3n) is 2.54. The van der Waals surface area contributed by atoms with Crippen LogP contribution in [0.5, 0.6) is 0 Å². The zero-order valence-corrected chi connectivity index (χ0v) is 24.0. The molecule has 0 saturated carbocycles. The summed E-state index contributed by atoms with van der Waals surface area (Å²) >= 11 is 0. The zero-order chi connectivity index (χ0) is 32.6. The molecule has 0 aliphatic heterocycles. The molecular formula is C20H20O20Zr. The van der Waals surface area contributed by atoms with Crippen LogP contribution in [-0.2, 0) is 103 Å². The molecule has 0 aromatic carbocycles. The quantitative estimate of drug-likeness (QED) is 0.106. The molecule has 0 amide bonds. The Bertz CT molecular complexity index is 850. The number of rotatable bonds is 12. The van der Waals surface area contributed by atoms with Crippen LogP contribution in [0.3, 0.4) is 0 Å². The van der Waals surface area contributed by atoms with E-state index in [2.05, 4.69) is 18.9 Å². The molecule has 41 heavy (non-hydrogen) atoms. The number of ketones is 4. The van der Waals surface area contributed by atoms with Crippen LogP contribution in [0.2, 0.25) is 0 Å². The number of Topliss-reactive ketones (excluding diaryl/α,β-unsaturated/α-hetero) is 4. The number of aliphatic carboxylic acids is 4. The van der Waals surface area contributed by atoms with E-state index in [1.54, 1.807) is 0 Å². The molecule has 0 radical (unpaired) electrons. The van der Waals surface area contributed by atoms with E-state index in [1.807, 2.05) is 0 Å². The number of carboxylic acid groups (broad SMARTS) is 4. The molecule has 0 bridgehead atoms. The molecule has 0 heterocycles. The monoisotopic (exact) mass is 670 g/mol. The van der Waals surface area contributed by atoms with E-state index in [-0.39, 0.29) is 26.2 Å². The Hall–Kier alpha value is -4.68. The van der Waals surface area contributed by atoms with E-state index in [0.29, 0.717) is 0 Å². The number of carbonyl (C=O) groups excluding carboxylic acids is 12. The molecule has 0 aliphatic rings. The topological polar surface area (TPSA) is 334 Å². The Labute approximate surface area is 248 Å². The van der Waals surface area contributed by atoms with Gasteiger partial charge in [-0.05, 0) is 0 Å². The molecule has 0 saturated heterocycles. The molecule has 0 fully saturated rings. The maximum atomic E-state index is 10.1. The number of carboxylic acids is 4. The van der Waals surface area contributed by atoms with Crippen molar-refractivity contribution in [3.05, 3.63) is 0 Å². The summed E-state index contributed by atoms with van der Waals surface area (Å²) in [4.78, 5) is 119. The van der Waals surface area contributed by atoms with Crippen molar-refractivity contribution in [1.29, 1.82) is 0 Å². The van der Waals surface area contributed by atoms with Crippen LogP contribution >= 0.6 is 0 Å². The van der Waals surface area contributed by atoms with E-state index in [4.69, 9.17) is 0 Å². The zero-order valence-electron chi connectivity index (χ0n) is 21.5. The summed E-state index contributed by atoms with van der Waals surface area (Å²) in [6, 6.07) is 0. The SMILES string of the molecule is CC(=O)OCC(=O)C(=O)[O-].CC(=O)OCC(=O)C(=O)[O-].CC(=O)OCC(=O)C(=O)[O-].CC(=O)OCC(=O)C(=O)[O-].[Zr+4]. The van der Waals surface area contributed by atoms with E-state index in [9.17, 15) is 78.0 Å². The van der Waals surface area contributed by atoms with Gasteiger partial charge >= 0.3 is 50.1 Å². The van der Waals surface area contributed by atoms with Crippen molar-refractivity contribution < 1.29 is 123 Å². The molecule has 0 unspecified atom stereocenters. The van der Waals surface area contributed by atoms with Gasteiger partial charge in [0.25, 0.3) is 0 Å². The number of carbonyl (C=O) groups is 12. The van der Waals surface area contributed by atoms with Crippen LogP contribution in [0.4, 0.5) is 0 Å². The predicted octanol–water partition coefficient (Wildman–Crippen LogP) is -8.53. The number of hydrogen-bond acceptors (Lipinski definition) is 20. The molecule has 0 spiro atoms. The minimum absolute atomic E-state index is 0. The standard InChI is InChI=1S/4C5H6O5.Zr/c4*1-3(6)10-2-4(7)5(8)9;/h4*2H2,1H3,(H,8,9);/q;;;;+4/p-4. The van der Waals surface area contributed by atoms with E-state index in [0.717, 1.165) is 27.7 Å². The Morgan fingerprint density at radius 3 is 0.561 bits per heavy atom. The van der Waals surface area contributed by atoms with Gasteiger partial charge in [-0.25, -0.2) is 0 Å². The Balaban J connectivity index is -0.000000139. The van der Waals surface area contributed by atoms with Gasteiger partial charge < -0.3 is 58.6 Å². The second-order valence-corrected chi connectivity index (χ2v) is 5.96. The fourth-order valence-corrected chi connectivity index (χ4v) is 0.904. The first-order valence-corrected chi connectivity index (χ1v) is 9.65. The van der Waals surface area contributed by atoms with Crippen LogP contribution in [0.15, 0.2) is 0 Å². The van der Waals surface area contributed by atoms with Gasteiger partial charge in [-0.15, -0.1) is 0 Å². The van der Waals surface area contributed by atoms with E-state index in [1.165, 1.54) is 0 Å². The molecular weight excluding hydrogens is 651 g/mol. The summed E-state index contributed by atoms with van der Waals surface area (Å²) in [6.45, 7) is 1.28. The van der Waals surface area contributed by atoms with E-state index < -0.39 is 97.3 Å². The van der Waals surface area contributed by atoms with Crippen molar-refractivity contribution in [2.45, 2.75) is 27.7 Å². The second-order valence-electron chi connectivity index (χ2n) is 5.96. The van der Waals surface area contributed by atoms with Crippen LogP contribution in [0, 0.1) is 0 Å². The second kappa shape index (κ2) is 26.9. The third kappa shape index (κ3) is 40.0. The van der Waals surface area contributed by atoms with Gasteiger partial charge in [0.1, 0.15) is 23.9 Å². The molecule has 0 N–H and O–H groups in total. The molecule has 21 heteroatoms. The fraction of sp³-hybridized carbons (Fsp3) is 0.400. The van der Waals surface area contributed by atoms with Gasteiger partial charge in [0, 0.05) is 27.7 Å². The van der Waals surface area contributed by atoms with Crippen molar-refractivity contribution in [2.24, 2.45) is 0 Å². The minimum atomic E-state index is -1.85. The van der Waals surface area contributed by atoms with Gasteiger partial charge in [0.15, 0.2) is 26.4 Å². The normalized spacial score (nSPS) is 8.29. The van der Waals surface area contributed by atoms with Crippen molar-refractivity contribution >= 4 is 70.9 Å². The Morgan fingerprint density at radius 2 is 0.488 bits per heavy atom. The van der Waals surface area contributed by atoms with Crippen molar-refractivity contribution in [2.75, 3.05) is 26.4 Å². The summed E-state index contributed by atoms with van der Waals surface area (Å²) in [7, 11) is 0. The summed E-state index contributed by atoms with van der Waals surface area (Å²) in [5.41, 5.74) is 0. The average molecular weight is 672 g/mol. The minimum Gasteiger partial charge on any atom is -0.542 e. The van der Waals surface area contributed by atoms with E-state index >= 15 is 0 Å². The van der Waals surface area contributed by atoms with Gasteiger partial charge in [0.05, 0.1) is 0 Å². The summed E-state index contributed by atoms with van der Waals surface area (Å²) < 4.78 is 16.2. The van der Waals surface area contributed by atoms with Crippen molar-refractivity contribution in [3.63, 3.8) is 0 Å². The average Bonchev–Trinajstić information content (AvgIpc) is 2.83. The van der Waals surface area contributed by atoms with Crippen molar-refractivity contribution in [1.82, 2.24) is 0 Å². The maximum Gasteiger partial charge on any atom is 4.00 e. The van der Waals surface area contributed by atoms with Crippen LogP contribution in [0.25, 0.3) is 0 Å². The molecule has 20 nitrogen and oxygen atoms in total. The third-order valence-corrected chi connectivity index (χ3v) is 2.54. The number of hydrogen-bond donors (Lipinski definition) is 0. The molecule has 0 atom stereocenters. The summed E-state index contributed by atoms with van der Waals surface area (Å²) in [5.74, 6) is -15.1. The molecule has 0 aromatic heterocycles. The first kappa shape index (κ1) is 46.2. The van der Waals surface area contributed by atoms with Crippen molar-refractivity contribution in [3.8, 4) is 0 Å². The van der Waals surface area contributed by atoms with Gasteiger partial charge in [-0.2, -0.15) is 0 Å². The largest absolute Gasteiger partial charge is 4.00 e. The molecule has 224 valence electrons. The maximum absolute atomic E-state index is 10.1. The summed E-state index contributed by atoms with van der Waals surface area (Å²) in [5, 5.41) is 38.6. The molecule has 0 rings (SSSR count). The van der Waals surface area contributed by atoms with Crippen LogP contribution in [-0.4, -0.2) is 97.3 Å².